The number of nitrogens with zero attached hydrogens (tertiary/aromatic N) is 5. The van der Waals surface area contributed by atoms with Gasteiger partial charge in [-0.2, -0.15) is 0 Å². The lowest BCUT2D eigenvalue weighted by Crippen LogP contribution is -2.35. The first-order valence-corrected chi connectivity index (χ1v) is 9.70. The quantitative estimate of drug-likeness (QED) is 0.673. The summed E-state index contributed by atoms with van der Waals surface area (Å²) in [7, 11) is 1.81. The Labute approximate surface area is 180 Å². The molecule has 9 heteroatoms. The van der Waals surface area contributed by atoms with E-state index in [9.17, 15) is 9.18 Å². The van der Waals surface area contributed by atoms with Crippen LogP contribution in [0.2, 0.25) is 0 Å². The molecule has 0 atom stereocenters. The number of benzene rings is 1. The third kappa shape index (κ3) is 4.43. The normalized spacial score (nSPS) is 13.6. The molecule has 158 valence electrons. The number of carbonyl (C=O) groups excluding carboxylic acids is 1. The molecule has 4 rings (SSSR count). The van der Waals surface area contributed by atoms with Gasteiger partial charge in [0, 0.05) is 31.4 Å². The summed E-state index contributed by atoms with van der Waals surface area (Å²) in [6, 6.07) is 7.18. The maximum Gasteiger partial charge on any atom is 0.253 e. The number of rotatable bonds is 4. The number of nitrogens with one attached hydrogen (secondary N) is 1. The SMILES string of the molecule is Cc1ncc(-c2nc(Nc3ccc(C(=O)N4CCCCC4)cc3)ncc2F)n1C.Cl. The Bertz CT molecular complexity index is 1030. The summed E-state index contributed by atoms with van der Waals surface area (Å²) in [5, 5.41) is 3.07. The lowest BCUT2D eigenvalue weighted by molar-refractivity contribution is 0.0724. The van der Waals surface area contributed by atoms with Crippen molar-refractivity contribution in [3.05, 3.63) is 53.9 Å². The number of imidazole rings is 1. The standard InChI is InChI=1S/C21H23FN6O.ClH/c1-14-23-13-18(27(14)2)19-17(22)12-24-21(26-19)25-16-8-6-15(7-9-16)20(29)28-10-4-3-5-11-28;/h6-9,12-13H,3-5,10-11H2,1-2H3,(H,24,25,26);1H. The van der Waals surface area contributed by atoms with Crippen LogP contribution in [0, 0.1) is 12.7 Å². The predicted octanol–water partition coefficient (Wildman–Crippen LogP) is 4.12. The highest BCUT2D eigenvalue weighted by atomic mass is 35.5. The predicted molar refractivity (Wildman–Crippen MR) is 116 cm³/mol. The minimum absolute atomic E-state index is 0. The van der Waals surface area contributed by atoms with Gasteiger partial charge in [0.15, 0.2) is 5.82 Å². The van der Waals surface area contributed by atoms with Crippen molar-refractivity contribution in [1.82, 2.24) is 24.4 Å². The van der Waals surface area contributed by atoms with Crippen molar-refractivity contribution in [2.24, 2.45) is 7.05 Å². The molecule has 1 aliphatic heterocycles. The van der Waals surface area contributed by atoms with E-state index in [1.807, 2.05) is 18.9 Å². The fourth-order valence-electron chi connectivity index (χ4n) is 3.43. The lowest BCUT2D eigenvalue weighted by Gasteiger charge is -2.26. The van der Waals surface area contributed by atoms with Gasteiger partial charge in [0.2, 0.25) is 5.95 Å². The fourth-order valence-corrected chi connectivity index (χ4v) is 3.43. The van der Waals surface area contributed by atoms with Crippen LogP contribution in [0.15, 0.2) is 36.7 Å². The summed E-state index contributed by atoms with van der Waals surface area (Å²) in [5.41, 5.74) is 2.14. The molecule has 0 aliphatic carbocycles. The summed E-state index contributed by atoms with van der Waals surface area (Å²) in [6.07, 6.45) is 6.04. The van der Waals surface area contributed by atoms with Crippen molar-refractivity contribution in [1.29, 1.82) is 0 Å². The van der Waals surface area contributed by atoms with Crippen molar-refractivity contribution in [2.45, 2.75) is 26.2 Å². The minimum atomic E-state index is -0.513. The first-order chi connectivity index (χ1) is 14.0. The van der Waals surface area contributed by atoms with E-state index in [4.69, 9.17) is 0 Å². The first-order valence-electron chi connectivity index (χ1n) is 9.70. The molecule has 1 aliphatic rings. The van der Waals surface area contributed by atoms with Crippen molar-refractivity contribution in [2.75, 3.05) is 18.4 Å². The van der Waals surface area contributed by atoms with E-state index in [1.54, 1.807) is 35.0 Å². The average molecular weight is 431 g/mol. The van der Waals surface area contributed by atoms with Gasteiger partial charge in [0.25, 0.3) is 5.91 Å². The van der Waals surface area contributed by atoms with Crippen molar-refractivity contribution in [3.63, 3.8) is 0 Å². The molecule has 1 N–H and O–H groups in total. The smallest absolute Gasteiger partial charge is 0.253 e. The van der Waals surface area contributed by atoms with Gasteiger partial charge in [-0.3, -0.25) is 4.79 Å². The van der Waals surface area contributed by atoms with Crippen LogP contribution in [0.5, 0.6) is 0 Å². The summed E-state index contributed by atoms with van der Waals surface area (Å²) in [5.74, 6) is 0.584. The van der Waals surface area contributed by atoms with Gasteiger partial charge in [-0.05, 0) is 50.5 Å². The molecular weight excluding hydrogens is 407 g/mol. The highest BCUT2D eigenvalue weighted by Gasteiger charge is 2.18. The Balaban J connectivity index is 0.00000256. The van der Waals surface area contributed by atoms with Gasteiger partial charge >= 0.3 is 0 Å². The number of anilines is 2. The second-order valence-electron chi connectivity index (χ2n) is 7.20. The van der Waals surface area contributed by atoms with E-state index in [0.717, 1.165) is 43.6 Å². The molecule has 30 heavy (non-hydrogen) atoms. The van der Waals surface area contributed by atoms with Crippen LogP contribution in [0.1, 0.15) is 35.4 Å². The zero-order valence-corrected chi connectivity index (χ0v) is 17.7. The maximum absolute atomic E-state index is 14.3. The molecule has 1 fully saturated rings. The summed E-state index contributed by atoms with van der Waals surface area (Å²) in [4.78, 5) is 27.0. The number of carbonyl (C=O) groups is 1. The highest BCUT2D eigenvalue weighted by molar-refractivity contribution is 5.94. The molecule has 0 radical (unpaired) electrons. The number of aryl methyl sites for hydroxylation is 1. The van der Waals surface area contributed by atoms with Crippen molar-refractivity contribution in [3.8, 4) is 11.4 Å². The Kier molecular flexibility index (Phi) is 6.66. The summed E-state index contributed by atoms with van der Waals surface area (Å²) in [6.45, 7) is 3.48. The summed E-state index contributed by atoms with van der Waals surface area (Å²) >= 11 is 0. The molecule has 7 nitrogen and oxygen atoms in total. The summed E-state index contributed by atoms with van der Waals surface area (Å²) < 4.78 is 16.0. The molecule has 2 aromatic heterocycles. The largest absolute Gasteiger partial charge is 0.339 e. The number of hydrogen-bond acceptors (Lipinski definition) is 5. The minimum Gasteiger partial charge on any atom is -0.339 e. The van der Waals surface area contributed by atoms with Gasteiger partial charge in [-0.15, -0.1) is 12.4 Å². The molecule has 0 spiro atoms. The fraction of sp³-hybridized carbons (Fsp3) is 0.333. The van der Waals surface area contributed by atoms with Gasteiger partial charge in [-0.1, -0.05) is 0 Å². The van der Waals surface area contributed by atoms with E-state index >= 15 is 0 Å². The lowest BCUT2D eigenvalue weighted by atomic mass is 10.1. The Hall–Kier alpha value is -3.00. The molecule has 1 aromatic carbocycles. The van der Waals surface area contributed by atoms with E-state index in [1.165, 1.54) is 6.42 Å². The Morgan fingerprint density at radius 2 is 1.77 bits per heavy atom. The van der Waals surface area contributed by atoms with Crippen LogP contribution in [-0.2, 0) is 7.05 Å². The van der Waals surface area contributed by atoms with Crippen LogP contribution in [-0.4, -0.2) is 43.4 Å². The van der Waals surface area contributed by atoms with Crippen LogP contribution in [0.25, 0.3) is 11.4 Å². The zero-order valence-electron chi connectivity index (χ0n) is 16.9. The monoisotopic (exact) mass is 430 g/mol. The van der Waals surface area contributed by atoms with E-state index in [-0.39, 0.29) is 30.0 Å². The first kappa shape index (κ1) is 21.7. The molecule has 0 unspecified atom stereocenters. The molecule has 0 saturated carbocycles. The Morgan fingerprint density at radius 1 is 1.07 bits per heavy atom. The van der Waals surface area contributed by atoms with E-state index in [2.05, 4.69) is 20.3 Å². The average Bonchev–Trinajstić information content (AvgIpc) is 3.08. The number of likely N-dealkylation sites (tertiary alicyclic amines) is 1. The van der Waals surface area contributed by atoms with Crippen molar-refractivity contribution < 1.29 is 9.18 Å². The molecule has 1 amide bonds. The van der Waals surface area contributed by atoms with Crippen LogP contribution < -0.4 is 5.32 Å². The second kappa shape index (κ2) is 9.21. The van der Waals surface area contributed by atoms with Crippen LogP contribution >= 0.6 is 12.4 Å². The van der Waals surface area contributed by atoms with E-state index in [0.29, 0.717) is 11.3 Å². The third-order valence-electron chi connectivity index (χ3n) is 5.24. The molecule has 1 saturated heterocycles. The van der Waals surface area contributed by atoms with Crippen LogP contribution in [0.3, 0.4) is 0 Å². The second-order valence-corrected chi connectivity index (χ2v) is 7.20. The number of aromatic nitrogens is 4. The molecule has 3 heterocycles. The van der Waals surface area contributed by atoms with Gasteiger partial charge in [-0.25, -0.2) is 19.3 Å². The van der Waals surface area contributed by atoms with Gasteiger partial charge in [0.05, 0.1) is 18.1 Å². The van der Waals surface area contributed by atoms with Gasteiger partial charge < -0.3 is 14.8 Å². The zero-order chi connectivity index (χ0) is 20.4. The van der Waals surface area contributed by atoms with E-state index < -0.39 is 5.82 Å². The molecule has 0 bridgehead atoms. The molecular formula is C21H24ClFN6O. The molecule has 3 aromatic rings. The maximum atomic E-state index is 14.3. The number of piperidine rings is 1. The van der Waals surface area contributed by atoms with Gasteiger partial charge in [0.1, 0.15) is 11.5 Å². The Morgan fingerprint density at radius 3 is 2.40 bits per heavy atom. The van der Waals surface area contributed by atoms with Crippen molar-refractivity contribution >= 4 is 29.9 Å². The van der Waals surface area contributed by atoms with Crippen LogP contribution in [0.4, 0.5) is 16.0 Å². The number of halogens is 2. The topological polar surface area (TPSA) is 75.9 Å². The number of amides is 1. The number of hydrogen-bond donors (Lipinski definition) is 1. The third-order valence-corrected chi connectivity index (χ3v) is 5.24. The highest BCUT2D eigenvalue weighted by Crippen LogP contribution is 2.23.